The first-order chi connectivity index (χ1) is 10.2. The molecule has 2 aromatic rings. The number of urea groups is 1. The van der Waals surface area contributed by atoms with Crippen LogP contribution in [0, 0.1) is 0 Å². The number of carbonyl (C=O) groups excluding carboxylic acids is 1. The van der Waals surface area contributed by atoms with Gasteiger partial charge in [-0.3, -0.25) is 0 Å². The zero-order valence-corrected chi connectivity index (χ0v) is 11.8. The summed E-state index contributed by atoms with van der Waals surface area (Å²) >= 11 is 0. The first-order valence-electron chi connectivity index (χ1n) is 6.76. The highest BCUT2D eigenvalue weighted by Gasteiger charge is 2.05. The largest absolute Gasteiger partial charge is 0.392 e. The number of hydrogen-bond donors (Lipinski definition) is 3. The van der Waals surface area contributed by atoms with E-state index in [-0.39, 0.29) is 12.6 Å². The fraction of sp³-hybridized carbons (Fsp3) is 0.267. The third kappa shape index (κ3) is 4.25. The fourth-order valence-electron chi connectivity index (χ4n) is 1.84. The minimum Gasteiger partial charge on any atom is -0.392 e. The third-order valence-electron chi connectivity index (χ3n) is 3.01. The summed E-state index contributed by atoms with van der Waals surface area (Å²) in [7, 11) is 0. The van der Waals surface area contributed by atoms with E-state index in [1.165, 1.54) is 0 Å². The topological polar surface area (TPSA) is 87.1 Å². The number of amides is 2. The SMILES string of the molecule is CCc1ncc(NC(=O)NCc2ccccc2CO)cn1. The predicted octanol–water partition coefficient (Wildman–Crippen LogP) is 1.85. The Hall–Kier alpha value is -2.47. The number of anilines is 1. The Bertz CT molecular complexity index is 599. The van der Waals surface area contributed by atoms with E-state index in [0.717, 1.165) is 23.4 Å². The summed E-state index contributed by atoms with van der Waals surface area (Å²) in [6, 6.07) is 7.07. The van der Waals surface area contributed by atoms with E-state index >= 15 is 0 Å². The standard InChI is InChI=1S/C15H18N4O2/c1-2-14-16-8-13(9-17-14)19-15(21)18-7-11-5-3-4-6-12(11)10-20/h3-6,8-9,20H,2,7,10H2,1H3,(H2,18,19,21). The van der Waals surface area contributed by atoms with Crippen LogP contribution in [0.2, 0.25) is 0 Å². The van der Waals surface area contributed by atoms with Gasteiger partial charge in [0.15, 0.2) is 0 Å². The molecule has 0 radical (unpaired) electrons. The van der Waals surface area contributed by atoms with Crippen LogP contribution in [0.3, 0.4) is 0 Å². The van der Waals surface area contributed by atoms with Gasteiger partial charge in [0.2, 0.25) is 0 Å². The average molecular weight is 286 g/mol. The lowest BCUT2D eigenvalue weighted by molar-refractivity contribution is 0.251. The van der Waals surface area contributed by atoms with E-state index in [2.05, 4.69) is 20.6 Å². The number of aryl methyl sites for hydroxylation is 1. The zero-order chi connectivity index (χ0) is 15.1. The summed E-state index contributed by atoms with van der Waals surface area (Å²) in [5.41, 5.74) is 2.22. The van der Waals surface area contributed by atoms with Crippen molar-refractivity contribution >= 4 is 11.7 Å². The molecule has 6 nitrogen and oxygen atoms in total. The van der Waals surface area contributed by atoms with Crippen LogP contribution in [0.15, 0.2) is 36.7 Å². The molecule has 6 heteroatoms. The number of benzene rings is 1. The van der Waals surface area contributed by atoms with Crippen LogP contribution < -0.4 is 10.6 Å². The second kappa shape index (κ2) is 7.35. The summed E-state index contributed by atoms with van der Waals surface area (Å²) in [5.74, 6) is 0.734. The summed E-state index contributed by atoms with van der Waals surface area (Å²) in [4.78, 5) is 20.0. The Kier molecular flexibility index (Phi) is 5.22. The average Bonchev–Trinajstić information content (AvgIpc) is 2.54. The molecule has 0 unspecified atom stereocenters. The molecule has 0 bridgehead atoms. The van der Waals surface area contributed by atoms with Gasteiger partial charge in [0, 0.05) is 13.0 Å². The van der Waals surface area contributed by atoms with Crippen LogP contribution in [-0.2, 0) is 19.6 Å². The quantitative estimate of drug-likeness (QED) is 0.783. The molecule has 0 spiro atoms. The Balaban J connectivity index is 1.89. The van der Waals surface area contributed by atoms with Crippen LogP contribution in [-0.4, -0.2) is 21.1 Å². The number of aromatic nitrogens is 2. The first-order valence-corrected chi connectivity index (χ1v) is 6.76. The normalized spacial score (nSPS) is 10.2. The zero-order valence-electron chi connectivity index (χ0n) is 11.8. The molecule has 0 atom stereocenters. The Labute approximate surface area is 123 Å². The molecule has 3 N–H and O–H groups in total. The molecule has 1 aromatic carbocycles. The summed E-state index contributed by atoms with van der Waals surface area (Å²) in [6.45, 7) is 2.26. The van der Waals surface area contributed by atoms with Gasteiger partial charge in [-0.2, -0.15) is 0 Å². The third-order valence-corrected chi connectivity index (χ3v) is 3.01. The van der Waals surface area contributed by atoms with E-state index in [0.29, 0.717) is 12.2 Å². The van der Waals surface area contributed by atoms with Crippen LogP contribution >= 0.6 is 0 Å². The Morgan fingerprint density at radius 1 is 1.19 bits per heavy atom. The number of aliphatic hydroxyl groups excluding tert-OH is 1. The molecule has 2 amide bonds. The van der Waals surface area contributed by atoms with Gasteiger partial charge in [0.1, 0.15) is 5.82 Å². The van der Waals surface area contributed by atoms with Crippen LogP contribution in [0.5, 0.6) is 0 Å². The van der Waals surface area contributed by atoms with E-state index in [9.17, 15) is 9.90 Å². The molecule has 0 fully saturated rings. The molecule has 2 rings (SSSR count). The van der Waals surface area contributed by atoms with Crippen molar-refractivity contribution in [2.45, 2.75) is 26.5 Å². The molecular weight excluding hydrogens is 268 g/mol. The van der Waals surface area contributed by atoms with Crippen molar-refractivity contribution in [2.24, 2.45) is 0 Å². The van der Waals surface area contributed by atoms with Crippen LogP contribution in [0.4, 0.5) is 10.5 Å². The first kappa shape index (κ1) is 14.9. The number of rotatable bonds is 5. The molecule has 110 valence electrons. The van der Waals surface area contributed by atoms with Gasteiger partial charge in [-0.15, -0.1) is 0 Å². The van der Waals surface area contributed by atoms with Crippen molar-refractivity contribution in [1.29, 1.82) is 0 Å². The lowest BCUT2D eigenvalue weighted by atomic mass is 10.1. The molecule has 0 aliphatic rings. The maximum atomic E-state index is 11.8. The predicted molar refractivity (Wildman–Crippen MR) is 79.6 cm³/mol. The maximum Gasteiger partial charge on any atom is 0.319 e. The molecule has 0 saturated heterocycles. The summed E-state index contributed by atoms with van der Waals surface area (Å²) in [6.07, 6.45) is 3.91. The van der Waals surface area contributed by atoms with Crippen LogP contribution in [0.25, 0.3) is 0 Å². The molecule has 21 heavy (non-hydrogen) atoms. The highest BCUT2D eigenvalue weighted by molar-refractivity contribution is 5.88. The van der Waals surface area contributed by atoms with E-state index < -0.39 is 0 Å². The number of aliphatic hydroxyl groups is 1. The van der Waals surface area contributed by atoms with Gasteiger partial charge < -0.3 is 15.7 Å². The van der Waals surface area contributed by atoms with Gasteiger partial charge in [-0.25, -0.2) is 14.8 Å². The van der Waals surface area contributed by atoms with Crippen molar-refractivity contribution in [3.8, 4) is 0 Å². The second-order valence-corrected chi connectivity index (χ2v) is 4.48. The van der Waals surface area contributed by atoms with Crippen molar-refractivity contribution < 1.29 is 9.90 Å². The highest BCUT2D eigenvalue weighted by atomic mass is 16.3. The second-order valence-electron chi connectivity index (χ2n) is 4.48. The van der Waals surface area contributed by atoms with Crippen LogP contribution in [0.1, 0.15) is 23.9 Å². The summed E-state index contributed by atoms with van der Waals surface area (Å²) < 4.78 is 0. The van der Waals surface area contributed by atoms with E-state index in [1.54, 1.807) is 12.4 Å². The maximum absolute atomic E-state index is 11.8. The van der Waals surface area contributed by atoms with Crippen molar-refractivity contribution in [3.63, 3.8) is 0 Å². The number of carbonyl (C=O) groups is 1. The fourth-order valence-corrected chi connectivity index (χ4v) is 1.84. The molecular formula is C15H18N4O2. The lowest BCUT2D eigenvalue weighted by Crippen LogP contribution is -2.28. The lowest BCUT2D eigenvalue weighted by Gasteiger charge is -2.10. The van der Waals surface area contributed by atoms with E-state index in [4.69, 9.17) is 0 Å². The minimum atomic E-state index is -0.337. The van der Waals surface area contributed by atoms with Crippen molar-refractivity contribution in [1.82, 2.24) is 15.3 Å². The smallest absolute Gasteiger partial charge is 0.319 e. The van der Waals surface area contributed by atoms with E-state index in [1.807, 2.05) is 31.2 Å². The molecule has 1 aromatic heterocycles. The van der Waals surface area contributed by atoms with Crippen molar-refractivity contribution in [2.75, 3.05) is 5.32 Å². The molecule has 0 aliphatic heterocycles. The van der Waals surface area contributed by atoms with Gasteiger partial charge in [-0.05, 0) is 11.1 Å². The van der Waals surface area contributed by atoms with Gasteiger partial charge in [0.05, 0.1) is 24.7 Å². The summed E-state index contributed by atoms with van der Waals surface area (Å²) in [5, 5.41) is 14.6. The highest BCUT2D eigenvalue weighted by Crippen LogP contribution is 2.08. The number of hydrogen-bond acceptors (Lipinski definition) is 4. The molecule has 0 aliphatic carbocycles. The Morgan fingerprint density at radius 2 is 1.86 bits per heavy atom. The van der Waals surface area contributed by atoms with Crippen molar-refractivity contribution in [3.05, 3.63) is 53.6 Å². The molecule has 1 heterocycles. The Morgan fingerprint density at radius 3 is 2.48 bits per heavy atom. The number of nitrogens with one attached hydrogen (secondary N) is 2. The van der Waals surface area contributed by atoms with Gasteiger partial charge >= 0.3 is 6.03 Å². The molecule has 0 saturated carbocycles. The minimum absolute atomic E-state index is 0.0498. The van der Waals surface area contributed by atoms with Gasteiger partial charge in [0.25, 0.3) is 0 Å². The number of nitrogens with zero attached hydrogens (tertiary/aromatic N) is 2. The van der Waals surface area contributed by atoms with Gasteiger partial charge in [-0.1, -0.05) is 31.2 Å². The monoisotopic (exact) mass is 286 g/mol.